The van der Waals surface area contributed by atoms with Gasteiger partial charge in [-0.15, -0.1) is 0 Å². The van der Waals surface area contributed by atoms with Crippen LogP contribution in [0.3, 0.4) is 0 Å². The Morgan fingerprint density at radius 3 is 2.70 bits per heavy atom. The maximum Gasteiger partial charge on any atom is 0.243 e. The largest absolute Gasteiger partial charge is 0.345 e. The summed E-state index contributed by atoms with van der Waals surface area (Å²) in [5, 5.41) is 7.38. The molecule has 1 aromatic rings. The SMILES string of the molecule is CCCC1C(=O)NCC(=O)N1Cc1c(C)nn(C)c1Cl. The molecule has 6 nitrogen and oxygen atoms in total. The van der Waals surface area contributed by atoms with Crippen molar-refractivity contribution >= 4 is 23.4 Å². The fraction of sp³-hybridized carbons (Fsp3) is 0.615. The third-order valence-corrected chi connectivity index (χ3v) is 4.05. The molecule has 1 unspecified atom stereocenters. The first-order valence-corrected chi connectivity index (χ1v) is 7.08. The Labute approximate surface area is 123 Å². The Morgan fingerprint density at radius 1 is 1.45 bits per heavy atom. The standard InChI is InChI=1S/C13H19ClN4O2/c1-4-5-10-13(20)15-6-11(19)18(10)7-9-8(2)16-17(3)12(9)14/h10H,4-7H2,1-3H3,(H,15,20). The Hall–Kier alpha value is -1.56. The van der Waals surface area contributed by atoms with Crippen molar-refractivity contribution in [3.63, 3.8) is 0 Å². The summed E-state index contributed by atoms with van der Waals surface area (Å²) in [5.74, 6) is -0.175. The van der Waals surface area contributed by atoms with Crippen LogP contribution in [0.5, 0.6) is 0 Å². The fourth-order valence-corrected chi connectivity index (χ4v) is 2.71. The highest BCUT2D eigenvalue weighted by molar-refractivity contribution is 6.30. The van der Waals surface area contributed by atoms with Gasteiger partial charge >= 0.3 is 0 Å². The van der Waals surface area contributed by atoms with Crippen LogP contribution in [0, 0.1) is 6.92 Å². The Morgan fingerprint density at radius 2 is 2.15 bits per heavy atom. The molecule has 1 atom stereocenters. The summed E-state index contributed by atoms with van der Waals surface area (Å²) in [7, 11) is 1.76. The highest BCUT2D eigenvalue weighted by Gasteiger charge is 2.34. The van der Waals surface area contributed by atoms with Gasteiger partial charge in [0.1, 0.15) is 11.2 Å². The molecule has 7 heteroatoms. The van der Waals surface area contributed by atoms with Crippen LogP contribution in [0.2, 0.25) is 5.15 Å². The number of aromatic nitrogens is 2. The summed E-state index contributed by atoms with van der Waals surface area (Å²) in [6.07, 6.45) is 1.48. The van der Waals surface area contributed by atoms with Crippen molar-refractivity contribution in [3.05, 3.63) is 16.4 Å². The van der Waals surface area contributed by atoms with Gasteiger partial charge in [-0.1, -0.05) is 24.9 Å². The van der Waals surface area contributed by atoms with Crippen molar-refractivity contribution in [2.24, 2.45) is 7.05 Å². The first kappa shape index (κ1) is 14.8. The molecular formula is C13H19ClN4O2. The molecule has 0 bridgehead atoms. The summed E-state index contributed by atoms with van der Waals surface area (Å²) < 4.78 is 1.58. The average Bonchev–Trinajstić information content (AvgIpc) is 2.64. The summed E-state index contributed by atoms with van der Waals surface area (Å²) in [4.78, 5) is 25.7. The number of hydrogen-bond acceptors (Lipinski definition) is 3. The molecule has 0 spiro atoms. The van der Waals surface area contributed by atoms with E-state index >= 15 is 0 Å². The molecule has 20 heavy (non-hydrogen) atoms. The molecule has 2 rings (SSSR count). The minimum absolute atomic E-state index is 0.0516. The molecule has 1 aliphatic rings. The van der Waals surface area contributed by atoms with Crippen molar-refractivity contribution in [2.75, 3.05) is 6.54 Å². The maximum absolute atomic E-state index is 12.1. The molecule has 1 aromatic heterocycles. The highest BCUT2D eigenvalue weighted by atomic mass is 35.5. The number of amides is 2. The predicted octanol–water partition coefficient (Wildman–Crippen LogP) is 1.01. The van der Waals surface area contributed by atoms with Gasteiger partial charge < -0.3 is 10.2 Å². The van der Waals surface area contributed by atoms with Gasteiger partial charge in [0.2, 0.25) is 11.8 Å². The molecule has 0 aromatic carbocycles. The molecule has 0 radical (unpaired) electrons. The number of carbonyl (C=O) groups is 2. The smallest absolute Gasteiger partial charge is 0.243 e. The Bertz CT molecular complexity index is 541. The van der Waals surface area contributed by atoms with Gasteiger partial charge in [0.05, 0.1) is 18.8 Å². The molecule has 2 heterocycles. The van der Waals surface area contributed by atoms with E-state index in [1.165, 1.54) is 0 Å². The van der Waals surface area contributed by atoms with Gasteiger partial charge in [0.15, 0.2) is 0 Å². The average molecular weight is 299 g/mol. The number of halogens is 1. The Kier molecular flexibility index (Phi) is 4.32. The monoisotopic (exact) mass is 298 g/mol. The lowest BCUT2D eigenvalue weighted by Crippen LogP contribution is -2.57. The zero-order chi connectivity index (χ0) is 14.9. The number of nitrogens with one attached hydrogen (secondary N) is 1. The quantitative estimate of drug-likeness (QED) is 0.902. The second-order valence-electron chi connectivity index (χ2n) is 5.02. The number of piperazine rings is 1. The number of aryl methyl sites for hydroxylation is 2. The van der Waals surface area contributed by atoms with Crippen LogP contribution < -0.4 is 5.32 Å². The third kappa shape index (κ3) is 2.65. The second-order valence-corrected chi connectivity index (χ2v) is 5.38. The lowest BCUT2D eigenvalue weighted by atomic mass is 10.1. The van der Waals surface area contributed by atoms with Crippen LogP contribution in [0.25, 0.3) is 0 Å². The third-order valence-electron chi connectivity index (χ3n) is 3.57. The number of nitrogens with zero attached hydrogens (tertiary/aromatic N) is 3. The topological polar surface area (TPSA) is 67.2 Å². The minimum Gasteiger partial charge on any atom is -0.345 e. The van der Waals surface area contributed by atoms with Crippen LogP contribution in [-0.2, 0) is 23.2 Å². The van der Waals surface area contributed by atoms with E-state index in [1.54, 1.807) is 16.6 Å². The summed E-state index contributed by atoms with van der Waals surface area (Å²) >= 11 is 6.20. The van der Waals surface area contributed by atoms with E-state index in [4.69, 9.17) is 11.6 Å². The second kappa shape index (κ2) is 5.83. The molecule has 1 N–H and O–H groups in total. The van der Waals surface area contributed by atoms with E-state index in [0.717, 1.165) is 17.7 Å². The van der Waals surface area contributed by atoms with Crippen LogP contribution in [0.1, 0.15) is 31.0 Å². The fourth-order valence-electron chi connectivity index (χ4n) is 2.48. The van der Waals surface area contributed by atoms with E-state index in [9.17, 15) is 9.59 Å². The zero-order valence-electron chi connectivity index (χ0n) is 11.9. The lowest BCUT2D eigenvalue weighted by Gasteiger charge is -2.34. The van der Waals surface area contributed by atoms with E-state index in [-0.39, 0.29) is 18.4 Å². The van der Waals surface area contributed by atoms with Gasteiger partial charge in [0, 0.05) is 12.6 Å². The molecule has 110 valence electrons. The Balaban J connectivity index is 2.27. The normalized spacial score (nSPS) is 19.4. The lowest BCUT2D eigenvalue weighted by molar-refractivity contribution is -0.146. The van der Waals surface area contributed by atoms with Gasteiger partial charge in [0.25, 0.3) is 0 Å². The summed E-state index contributed by atoms with van der Waals surface area (Å²) in [6, 6.07) is -0.420. The molecule has 1 aliphatic heterocycles. The van der Waals surface area contributed by atoms with Crippen molar-refractivity contribution < 1.29 is 9.59 Å². The molecule has 2 amide bonds. The molecule has 0 aliphatic carbocycles. The highest BCUT2D eigenvalue weighted by Crippen LogP contribution is 2.23. The van der Waals surface area contributed by atoms with E-state index in [0.29, 0.717) is 18.1 Å². The number of hydrogen-bond donors (Lipinski definition) is 1. The van der Waals surface area contributed by atoms with Crippen LogP contribution in [0.15, 0.2) is 0 Å². The molecule has 1 saturated heterocycles. The van der Waals surface area contributed by atoms with E-state index in [1.807, 2.05) is 13.8 Å². The van der Waals surface area contributed by atoms with Gasteiger partial charge in [-0.05, 0) is 13.3 Å². The van der Waals surface area contributed by atoms with Crippen molar-refractivity contribution in [1.29, 1.82) is 0 Å². The van der Waals surface area contributed by atoms with E-state index in [2.05, 4.69) is 10.4 Å². The molecule has 1 fully saturated rings. The first-order valence-electron chi connectivity index (χ1n) is 6.70. The number of rotatable bonds is 4. The van der Waals surface area contributed by atoms with Crippen LogP contribution in [0.4, 0.5) is 0 Å². The van der Waals surface area contributed by atoms with Crippen LogP contribution >= 0.6 is 11.6 Å². The van der Waals surface area contributed by atoms with Gasteiger partial charge in [-0.3, -0.25) is 14.3 Å². The molecule has 0 saturated carbocycles. The maximum atomic E-state index is 12.1. The molecular weight excluding hydrogens is 280 g/mol. The van der Waals surface area contributed by atoms with Gasteiger partial charge in [-0.2, -0.15) is 5.10 Å². The van der Waals surface area contributed by atoms with E-state index < -0.39 is 6.04 Å². The van der Waals surface area contributed by atoms with Crippen molar-refractivity contribution in [3.8, 4) is 0 Å². The summed E-state index contributed by atoms with van der Waals surface area (Å²) in [6.45, 7) is 4.22. The minimum atomic E-state index is -0.420. The summed E-state index contributed by atoms with van der Waals surface area (Å²) in [5.41, 5.74) is 1.59. The zero-order valence-corrected chi connectivity index (χ0v) is 12.7. The first-order chi connectivity index (χ1) is 9.45. The van der Waals surface area contributed by atoms with Crippen molar-refractivity contribution in [2.45, 2.75) is 39.3 Å². The van der Waals surface area contributed by atoms with Crippen molar-refractivity contribution in [1.82, 2.24) is 20.0 Å². The number of carbonyl (C=O) groups excluding carboxylic acids is 2. The van der Waals surface area contributed by atoms with Gasteiger partial charge in [-0.25, -0.2) is 0 Å². The van der Waals surface area contributed by atoms with Crippen LogP contribution in [-0.4, -0.2) is 39.1 Å². The predicted molar refractivity (Wildman–Crippen MR) is 75.2 cm³/mol.